The summed E-state index contributed by atoms with van der Waals surface area (Å²) >= 11 is 6.02. The summed E-state index contributed by atoms with van der Waals surface area (Å²) in [6.45, 7) is 3.17. The third-order valence-electron chi connectivity index (χ3n) is 3.82. The van der Waals surface area contributed by atoms with Gasteiger partial charge in [-0.2, -0.15) is 0 Å². The second kappa shape index (κ2) is 6.53. The number of nitrogens with one attached hydrogen (secondary N) is 1. The van der Waals surface area contributed by atoms with Crippen LogP contribution >= 0.6 is 11.6 Å². The molecule has 0 aromatic heterocycles. The predicted molar refractivity (Wildman–Crippen MR) is 74.5 cm³/mol. The normalized spacial score (nSPS) is 24.2. The van der Waals surface area contributed by atoms with Gasteiger partial charge in [-0.25, -0.2) is 4.39 Å². The van der Waals surface area contributed by atoms with Crippen molar-refractivity contribution in [3.05, 3.63) is 34.6 Å². The average Bonchev–Trinajstić information content (AvgIpc) is 2.36. The van der Waals surface area contributed by atoms with Crippen LogP contribution in [0.15, 0.2) is 18.2 Å². The van der Waals surface area contributed by atoms with Crippen molar-refractivity contribution < 1.29 is 4.39 Å². The molecule has 1 aliphatic carbocycles. The van der Waals surface area contributed by atoms with E-state index in [1.54, 1.807) is 6.07 Å². The maximum Gasteiger partial charge on any atom is 0.142 e. The summed E-state index contributed by atoms with van der Waals surface area (Å²) in [7, 11) is 0. The molecule has 0 saturated heterocycles. The molecule has 1 N–H and O–H groups in total. The summed E-state index contributed by atoms with van der Waals surface area (Å²) in [6, 6.07) is 5.75. The summed E-state index contributed by atoms with van der Waals surface area (Å²) in [4.78, 5) is 0. The Balaban J connectivity index is 1.98. The molecule has 100 valence electrons. The topological polar surface area (TPSA) is 12.0 Å². The Hall–Kier alpha value is -0.600. The molecule has 0 amide bonds. The van der Waals surface area contributed by atoms with Gasteiger partial charge in [0.15, 0.2) is 0 Å². The van der Waals surface area contributed by atoms with Gasteiger partial charge in [0.2, 0.25) is 0 Å². The molecule has 1 nitrogen and oxygen atoms in total. The summed E-state index contributed by atoms with van der Waals surface area (Å²) in [5.41, 5.74) is 0.957. The SMILES string of the molecule is CCNC1CCCC(Cc2cccc(F)c2Cl)C1. The first-order valence-electron chi connectivity index (χ1n) is 6.87. The Bertz CT molecular complexity index is 392. The predicted octanol–water partition coefficient (Wildman–Crippen LogP) is 4.19. The van der Waals surface area contributed by atoms with Crippen molar-refractivity contribution in [2.45, 2.75) is 45.1 Å². The maximum absolute atomic E-state index is 13.4. The quantitative estimate of drug-likeness (QED) is 0.864. The number of benzene rings is 1. The smallest absolute Gasteiger partial charge is 0.142 e. The van der Waals surface area contributed by atoms with Gasteiger partial charge in [-0.05, 0) is 43.4 Å². The Morgan fingerprint density at radius 2 is 2.22 bits per heavy atom. The first-order valence-corrected chi connectivity index (χ1v) is 7.24. The van der Waals surface area contributed by atoms with Crippen molar-refractivity contribution >= 4 is 11.6 Å². The van der Waals surface area contributed by atoms with Crippen LogP contribution in [-0.2, 0) is 6.42 Å². The lowest BCUT2D eigenvalue weighted by molar-refractivity contribution is 0.287. The Kier molecular flexibility index (Phi) is 5.02. The lowest BCUT2D eigenvalue weighted by Crippen LogP contribution is -2.34. The van der Waals surface area contributed by atoms with Crippen molar-refractivity contribution in [1.29, 1.82) is 0 Å². The average molecular weight is 270 g/mol. The highest BCUT2D eigenvalue weighted by atomic mass is 35.5. The van der Waals surface area contributed by atoms with E-state index in [-0.39, 0.29) is 5.82 Å². The minimum atomic E-state index is -0.298. The van der Waals surface area contributed by atoms with Crippen LogP contribution in [0.2, 0.25) is 5.02 Å². The van der Waals surface area contributed by atoms with E-state index in [1.807, 2.05) is 6.07 Å². The monoisotopic (exact) mass is 269 g/mol. The minimum absolute atomic E-state index is 0.298. The largest absolute Gasteiger partial charge is 0.314 e. The molecule has 0 aliphatic heterocycles. The highest BCUT2D eigenvalue weighted by molar-refractivity contribution is 6.31. The summed E-state index contributed by atoms with van der Waals surface area (Å²) in [5.74, 6) is 0.329. The molecule has 0 spiro atoms. The fraction of sp³-hybridized carbons (Fsp3) is 0.600. The molecule has 1 saturated carbocycles. The zero-order chi connectivity index (χ0) is 13.0. The summed E-state index contributed by atoms with van der Waals surface area (Å²) < 4.78 is 13.4. The molecule has 18 heavy (non-hydrogen) atoms. The van der Waals surface area contributed by atoms with Gasteiger partial charge in [0, 0.05) is 6.04 Å². The van der Waals surface area contributed by atoms with E-state index in [0.29, 0.717) is 17.0 Å². The van der Waals surface area contributed by atoms with E-state index < -0.39 is 0 Å². The van der Waals surface area contributed by atoms with Crippen molar-refractivity contribution in [1.82, 2.24) is 5.32 Å². The van der Waals surface area contributed by atoms with E-state index in [9.17, 15) is 4.39 Å². The highest BCUT2D eigenvalue weighted by Crippen LogP contribution is 2.30. The molecule has 2 rings (SSSR count). The van der Waals surface area contributed by atoms with Gasteiger partial charge in [0.1, 0.15) is 5.82 Å². The molecule has 1 fully saturated rings. The molecule has 1 aliphatic rings. The molecular weight excluding hydrogens is 249 g/mol. The molecule has 2 atom stereocenters. The molecule has 2 unspecified atom stereocenters. The molecule has 0 bridgehead atoms. The van der Waals surface area contributed by atoms with Crippen LogP contribution in [0.1, 0.15) is 38.2 Å². The third-order valence-corrected chi connectivity index (χ3v) is 4.24. The molecule has 3 heteroatoms. The Morgan fingerprint density at radius 3 is 3.00 bits per heavy atom. The van der Waals surface area contributed by atoms with Crippen LogP contribution in [0, 0.1) is 11.7 Å². The zero-order valence-electron chi connectivity index (χ0n) is 10.9. The van der Waals surface area contributed by atoms with Gasteiger partial charge in [-0.15, -0.1) is 0 Å². The fourth-order valence-corrected chi connectivity index (χ4v) is 3.17. The number of halogens is 2. The van der Waals surface area contributed by atoms with Crippen LogP contribution in [0.3, 0.4) is 0 Å². The van der Waals surface area contributed by atoms with Gasteiger partial charge in [-0.1, -0.05) is 43.5 Å². The van der Waals surface area contributed by atoms with E-state index in [0.717, 1.165) is 18.5 Å². The van der Waals surface area contributed by atoms with Crippen molar-refractivity contribution in [2.75, 3.05) is 6.54 Å². The van der Waals surface area contributed by atoms with Crippen molar-refractivity contribution in [2.24, 2.45) is 5.92 Å². The van der Waals surface area contributed by atoms with E-state index >= 15 is 0 Å². The summed E-state index contributed by atoms with van der Waals surface area (Å²) in [6.07, 6.45) is 5.84. The zero-order valence-corrected chi connectivity index (χ0v) is 11.6. The maximum atomic E-state index is 13.4. The molecular formula is C15H21ClFN. The van der Waals surface area contributed by atoms with Gasteiger partial charge < -0.3 is 5.32 Å². The van der Waals surface area contributed by atoms with Gasteiger partial charge >= 0.3 is 0 Å². The standard InChI is InChI=1S/C15H21ClFN/c1-2-18-13-7-3-5-11(10-13)9-12-6-4-8-14(17)15(12)16/h4,6,8,11,13,18H,2-3,5,7,9-10H2,1H3. The van der Waals surface area contributed by atoms with Crippen LogP contribution < -0.4 is 5.32 Å². The summed E-state index contributed by atoms with van der Waals surface area (Å²) in [5, 5.41) is 3.83. The van der Waals surface area contributed by atoms with Gasteiger partial charge in [0.05, 0.1) is 5.02 Å². The van der Waals surface area contributed by atoms with Gasteiger partial charge in [-0.3, -0.25) is 0 Å². The second-order valence-electron chi connectivity index (χ2n) is 5.20. The second-order valence-corrected chi connectivity index (χ2v) is 5.58. The molecule has 0 radical (unpaired) electrons. The lowest BCUT2D eigenvalue weighted by atomic mass is 9.82. The first kappa shape index (κ1) is 13.8. The van der Waals surface area contributed by atoms with Crippen LogP contribution in [0.5, 0.6) is 0 Å². The minimum Gasteiger partial charge on any atom is -0.314 e. The number of rotatable bonds is 4. The Labute approximate surface area is 114 Å². The highest BCUT2D eigenvalue weighted by Gasteiger charge is 2.22. The fourth-order valence-electron chi connectivity index (χ4n) is 2.97. The molecule has 1 aromatic rings. The van der Waals surface area contributed by atoms with E-state index in [2.05, 4.69) is 12.2 Å². The van der Waals surface area contributed by atoms with Crippen LogP contribution in [0.25, 0.3) is 0 Å². The van der Waals surface area contributed by atoms with Crippen LogP contribution in [0.4, 0.5) is 4.39 Å². The van der Waals surface area contributed by atoms with Crippen molar-refractivity contribution in [3.8, 4) is 0 Å². The van der Waals surface area contributed by atoms with Crippen LogP contribution in [-0.4, -0.2) is 12.6 Å². The molecule has 0 heterocycles. The lowest BCUT2D eigenvalue weighted by Gasteiger charge is -2.30. The van der Waals surface area contributed by atoms with E-state index in [4.69, 9.17) is 11.6 Å². The third kappa shape index (κ3) is 3.46. The number of hydrogen-bond donors (Lipinski definition) is 1. The van der Waals surface area contributed by atoms with Crippen molar-refractivity contribution in [3.63, 3.8) is 0 Å². The van der Waals surface area contributed by atoms with E-state index in [1.165, 1.54) is 31.7 Å². The van der Waals surface area contributed by atoms with Gasteiger partial charge in [0.25, 0.3) is 0 Å². The first-order chi connectivity index (χ1) is 8.70. The molecule has 1 aromatic carbocycles. The Morgan fingerprint density at radius 1 is 1.39 bits per heavy atom. The number of hydrogen-bond acceptors (Lipinski definition) is 1.